The van der Waals surface area contributed by atoms with E-state index >= 15 is 0 Å². The van der Waals surface area contributed by atoms with Gasteiger partial charge in [0.05, 0.1) is 0 Å². The van der Waals surface area contributed by atoms with Gasteiger partial charge >= 0.3 is 7.25 Å². The highest BCUT2D eigenvalue weighted by atomic mass is 19.5. The van der Waals surface area contributed by atoms with E-state index in [-0.39, 0.29) is 0 Å². The van der Waals surface area contributed by atoms with Gasteiger partial charge in [-0.25, -0.2) is 4.70 Å². The minimum atomic E-state index is -6.00. The van der Waals surface area contributed by atoms with Crippen molar-refractivity contribution in [3.05, 3.63) is 54.1 Å². The van der Waals surface area contributed by atoms with Crippen LogP contribution in [0.3, 0.4) is 0 Å². The molecule has 2 aromatic rings. The summed E-state index contributed by atoms with van der Waals surface area (Å²) < 4.78 is 40.0. The lowest BCUT2D eigenvalue weighted by molar-refractivity contribution is 0.368. The molecular weight excluding hydrogens is 287 g/mol. The number of nitrogen functional groups attached to an aromatic ring is 2. The maximum Gasteiger partial charge on any atom is 0.673 e. The Morgan fingerprint density at radius 1 is 0.762 bits per heavy atom. The van der Waals surface area contributed by atoms with Crippen molar-refractivity contribution in [2.24, 2.45) is 0 Å². The number of halogens is 4. The molecule has 0 radical (unpaired) electrons. The Labute approximate surface area is 118 Å². The highest BCUT2D eigenvalue weighted by molar-refractivity contribution is 6.50. The number of para-hydroxylation sites is 4. The van der Waals surface area contributed by atoms with Gasteiger partial charge in [-0.05, 0) is 12.1 Å². The van der Waals surface area contributed by atoms with Crippen LogP contribution >= 0.6 is 0 Å². The molecule has 0 aliphatic carbocycles. The molecule has 0 saturated carbocycles. The Morgan fingerprint density at radius 2 is 1.05 bits per heavy atom. The molecule has 0 aliphatic rings. The molecule has 0 fully saturated rings. The quantitative estimate of drug-likeness (QED) is 0.289. The van der Waals surface area contributed by atoms with Gasteiger partial charge in [-0.3, -0.25) is 0 Å². The molecule has 4 N–H and O–H groups in total. The topological polar surface area (TPSA) is 77.3 Å². The summed E-state index contributed by atoms with van der Waals surface area (Å²) in [6.45, 7) is 0. The molecule has 0 spiro atoms. The number of anilines is 2. The SMILES string of the molecule is F[B-](F)(F)F.[N-]=[N+](c1ccccc1N)c1ccccc1N. The van der Waals surface area contributed by atoms with Crippen molar-refractivity contribution < 1.29 is 17.3 Å². The summed E-state index contributed by atoms with van der Waals surface area (Å²) in [6.07, 6.45) is 0. The molecule has 0 aromatic heterocycles. The Hall–Kier alpha value is -2.58. The van der Waals surface area contributed by atoms with Crippen LogP contribution in [0.25, 0.3) is 5.53 Å². The van der Waals surface area contributed by atoms with Crippen molar-refractivity contribution in [3.63, 3.8) is 0 Å². The first kappa shape index (κ1) is 16.5. The molecule has 2 aromatic carbocycles. The van der Waals surface area contributed by atoms with Crippen LogP contribution in [0.1, 0.15) is 0 Å². The summed E-state index contributed by atoms with van der Waals surface area (Å²) >= 11 is 0. The van der Waals surface area contributed by atoms with Gasteiger partial charge in [-0.1, -0.05) is 24.3 Å². The lowest BCUT2D eigenvalue weighted by Crippen LogP contribution is -2.03. The van der Waals surface area contributed by atoms with E-state index in [2.05, 4.69) is 0 Å². The molecule has 112 valence electrons. The van der Waals surface area contributed by atoms with Crippen LogP contribution in [-0.2, 0) is 0 Å². The predicted molar refractivity (Wildman–Crippen MR) is 76.7 cm³/mol. The van der Waals surface area contributed by atoms with Crippen LogP contribution in [0.4, 0.5) is 40.0 Å². The molecule has 2 rings (SSSR count). The number of rotatable bonds is 2. The number of nitrogens with two attached hydrogens (primary N) is 2. The Bertz CT molecular complexity index is 577. The number of hydrogen-bond donors (Lipinski definition) is 2. The van der Waals surface area contributed by atoms with E-state index in [0.717, 1.165) is 4.70 Å². The van der Waals surface area contributed by atoms with E-state index in [4.69, 9.17) is 11.5 Å². The molecule has 4 nitrogen and oxygen atoms in total. The minimum Gasteiger partial charge on any atom is -0.493 e. The van der Waals surface area contributed by atoms with Crippen LogP contribution in [-0.4, -0.2) is 7.25 Å². The van der Waals surface area contributed by atoms with E-state index in [1.165, 1.54) is 0 Å². The zero-order chi connectivity index (χ0) is 16.0. The molecular formula is C12H12BF4N4-. The largest absolute Gasteiger partial charge is 0.673 e. The van der Waals surface area contributed by atoms with Crippen LogP contribution in [0, 0.1) is 0 Å². The Morgan fingerprint density at radius 3 is 1.33 bits per heavy atom. The summed E-state index contributed by atoms with van der Waals surface area (Å²) in [6, 6.07) is 14.1. The van der Waals surface area contributed by atoms with Gasteiger partial charge in [0.2, 0.25) is 11.4 Å². The Balaban J connectivity index is 0.000000383. The molecule has 21 heavy (non-hydrogen) atoms. The zero-order valence-electron chi connectivity index (χ0n) is 10.8. The van der Waals surface area contributed by atoms with Crippen molar-refractivity contribution in [3.8, 4) is 0 Å². The van der Waals surface area contributed by atoms with E-state index in [9.17, 15) is 22.8 Å². The van der Waals surface area contributed by atoms with Gasteiger partial charge in [0, 0.05) is 12.1 Å². The Kier molecular flexibility index (Phi) is 5.28. The fraction of sp³-hybridized carbons (Fsp3) is 0. The maximum atomic E-state index is 10.0. The molecule has 0 amide bonds. The monoisotopic (exact) mass is 299 g/mol. The van der Waals surface area contributed by atoms with Crippen molar-refractivity contribution >= 4 is 30.0 Å². The van der Waals surface area contributed by atoms with Crippen LogP contribution < -0.4 is 16.2 Å². The summed E-state index contributed by atoms with van der Waals surface area (Å²) in [4.78, 5) is 0. The van der Waals surface area contributed by atoms with Gasteiger partial charge in [0.15, 0.2) is 0 Å². The molecule has 0 atom stereocenters. The van der Waals surface area contributed by atoms with Gasteiger partial charge in [-0.15, -0.1) is 0 Å². The summed E-state index contributed by atoms with van der Waals surface area (Å²) in [5.74, 6) is 0. The third-order valence-electron chi connectivity index (χ3n) is 2.33. The first-order chi connectivity index (χ1) is 9.70. The maximum absolute atomic E-state index is 10.0. The van der Waals surface area contributed by atoms with Crippen LogP contribution in [0.2, 0.25) is 0 Å². The van der Waals surface area contributed by atoms with Crippen molar-refractivity contribution in [1.82, 2.24) is 4.70 Å². The minimum absolute atomic E-state index is 0.494. The fourth-order valence-corrected chi connectivity index (χ4v) is 1.49. The molecule has 0 bridgehead atoms. The summed E-state index contributed by atoms with van der Waals surface area (Å²) in [5, 5.41) is 0. The zero-order valence-corrected chi connectivity index (χ0v) is 10.8. The highest BCUT2D eigenvalue weighted by Gasteiger charge is 2.20. The van der Waals surface area contributed by atoms with Gasteiger partial charge in [0.1, 0.15) is 11.4 Å². The van der Waals surface area contributed by atoms with Crippen LogP contribution in [0.5, 0.6) is 0 Å². The van der Waals surface area contributed by atoms with E-state index in [0.29, 0.717) is 22.7 Å². The number of hydrogen-bond acceptors (Lipinski definition) is 2. The van der Waals surface area contributed by atoms with Crippen molar-refractivity contribution in [2.45, 2.75) is 0 Å². The predicted octanol–water partition coefficient (Wildman–Crippen LogP) is 4.01. The number of nitrogens with zero attached hydrogens (tertiary/aromatic N) is 2. The second-order valence-electron chi connectivity index (χ2n) is 3.92. The van der Waals surface area contributed by atoms with E-state index in [1.807, 2.05) is 0 Å². The second-order valence-corrected chi connectivity index (χ2v) is 3.92. The average Bonchev–Trinajstić information content (AvgIpc) is 2.37. The summed E-state index contributed by atoms with van der Waals surface area (Å²) in [7, 11) is -6.00. The number of benzene rings is 2. The van der Waals surface area contributed by atoms with E-state index < -0.39 is 7.25 Å². The lowest BCUT2D eigenvalue weighted by Gasteiger charge is -2.09. The van der Waals surface area contributed by atoms with Gasteiger partial charge in [0.25, 0.3) is 0 Å². The molecule has 0 aliphatic heterocycles. The first-order valence-electron chi connectivity index (χ1n) is 5.75. The smallest absolute Gasteiger partial charge is 0.493 e. The van der Waals surface area contributed by atoms with Crippen molar-refractivity contribution in [1.29, 1.82) is 0 Å². The first-order valence-corrected chi connectivity index (χ1v) is 5.75. The normalized spacial score (nSPS) is 10.5. The van der Waals surface area contributed by atoms with Crippen LogP contribution in [0.15, 0.2) is 48.5 Å². The standard InChI is InChI=1S/C12H12N4.BF4/c13-9-5-1-3-7-11(9)16(15)12-8-4-2-6-10(12)14;2-1(3,4)5/h1-8H,13-14H2;/q;-1. The fourth-order valence-electron chi connectivity index (χ4n) is 1.49. The molecule has 0 heterocycles. The second kappa shape index (κ2) is 6.73. The molecule has 0 saturated heterocycles. The van der Waals surface area contributed by atoms with Gasteiger partial charge in [-0.2, -0.15) is 0 Å². The molecule has 9 heteroatoms. The molecule has 0 unspecified atom stereocenters. The van der Waals surface area contributed by atoms with Gasteiger partial charge < -0.3 is 34.3 Å². The average molecular weight is 299 g/mol. The lowest BCUT2D eigenvalue weighted by atomic mass is 10.2. The van der Waals surface area contributed by atoms with Crippen molar-refractivity contribution in [2.75, 3.05) is 11.5 Å². The summed E-state index contributed by atoms with van der Waals surface area (Å²) in [5.41, 5.74) is 23.6. The third kappa shape index (κ3) is 5.51. The van der Waals surface area contributed by atoms with E-state index in [1.54, 1.807) is 48.5 Å². The highest BCUT2D eigenvalue weighted by Crippen LogP contribution is 2.29. The third-order valence-corrected chi connectivity index (χ3v) is 2.33.